The summed E-state index contributed by atoms with van der Waals surface area (Å²) >= 11 is 1.15. The van der Waals surface area contributed by atoms with Crippen molar-refractivity contribution in [2.75, 3.05) is 11.5 Å². The number of H-pyrrole nitrogens is 1. The normalized spacial score (nSPS) is 10.2. The highest BCUT2D eigenvalue weighted by Gasteiger charge is 2.03. The first kappa shape index (κ1) is 10.4. The Kier molecular flexibility index (Phi) is 2.73. The molecule has 0 aliphatic heterocycles. The molecule has 2 heterocycles. The SMILES string of the molecule is Nc1cc(=O)[nH]c(Sc2ccnc(N)n2)n1. The summed E-state index contributed by atoms with van der Waals surface area (Å²) in [7, 11) is 0. The van der Waals surface area contributed by atoms with Crippen molar-refractivity contribution < 1.29 is 0 Å². The second kappa shape index (κ2) is 4.19. The Morgan fingerprint density at radius 1 is 1.31 bits per heavy atom. The third-order valence-corrected chi connectivity index (χ3v) is 2.41. The maximum absolute atomic E-state index is 11.1. The van der Waals surface area contributed by atoms with E-state index in [4.69, 9.17) is 11.5 Å². The van der Waals surface area contributed by atoms with E-state index in [1.165, 1.54) is 12.3 Å². The van der Waals surface area contributed by atoms with Crippen molar-refractivity contribution in [1.29, 1.82) is 0 Å². The second-order valence-electron chi connectivity index (χ2n) is 2.83. The number of nitrogen functional groups attached to an aromatic ring is 2. The molecule has 0 saturated carbocycles. The lowest BCUT2D eigenvalue weighted by atomic mass is 10.6. The minimum absolute atomic E-state index is 0.160. The number of rotatable bonds is 2. The summed E-state index contributed by atoms with van der Waals surface area (Å²) in [6, 6.07) is 2.86. The molecular formula is C8H8N6OS. The lowest BCUT2D eigenvalue weighted by Gasteiger charge is -2.00. The Bertz CT molecular complexity index is 568. The van der Waals surface area contributed by atoms with Crippen molar-refractivity contribution in [3.63, 3.8) is 0 Å². The standard InChI is InChI=1S/C8H8N6OS/c9-4-3-5(15)13-8(12-4)16-6-1-2-11-7(10)14-6/h1-3H,(H2,10,11,14)(H3,9,12,13,15). The van der Waals surface area contributed by atoms with Gasteiger partial charge >= 0.3 is 0 Å². The van der Waals surface area contributed by atoms with Crippen molar-refractivity contribution >= 4 is 23.5 Å². The molecule has 0 aromatic carbocycles. The van der Waals surface area contributed by atoms with Gasteiger partial charge in [-0.1, -0.05) is 0 Å². The van der Waals surface area contributed by atoms with E-state index in [0.29, 0.717) is 10.2 Å². The zero-order valence-electron chi connectivity index (χ0n) is 8.04. The molecule has 0 spiro atoms. The largest absolute Gasteiger partial charge is 0.383 e. The number of anilines is 2. The number of nitrogens with zero attached hydrogens (tertiary/aromatic N) is 3. The van der Waals surface area contributed by atoms with E-state index in [9.17, 15) is 4.79 Å². The smallest absolute Gasteiger partial charge is 0.253 e. The summed E-state index contributed by atoms with van der Waals surface area (Å²) in [5.74, 6) is 0.324. The van der Waals surface area contributed by atoms with E-state index in [-0.39, 0.29) is 17.3 Å². The topological polar surface area (TPSA) is 124 Å². The molecule has 0 bridgehead atoms. The third-order valence-electron chi connectivity index (χ3n) is 1.59. The molecule has 5 N–H and O–H groups in total. The third kappa shape index (κ3) is 2.48. The van der Waals surface area contributed by atoms with Gasteiger partial charge in [0.2, 0.25) is 5.95 Å². The number of nitrogens with one attached hydrogen (secondary N) is 1. The average Bonchev–Trinajstić information content (AvgIpc) is 2.15. The Labute approximate surface area is 94.3 Å². The Morgan fingerprint density at radius 3 is 2.81 bits per heavy atom. The molecule has 0 saturated heterocycles. The zero-order chi connectivity index (χ0) is 11.5. The Morgan fingerprint density at radius 2 is 2.12 bits per heavy atom. The van der Waals surface area contributed by atoms with E-state index in [1.54, 1.807) is 6.07 Å². The van der Waals surface area contributed by atoms with Crippen LogP contribution in [-0.2, 0) is 0 Å². The summed E-state index contributed by atoms with van der Waals surface area (Å²) < 4.78 is 0. The van der Waals surface area contributed by atoms with E-state index < -0.39 is 0 Å². The molecule has 0 aliphatic rings. The molecule has 0 amide bonds. The van der Waals surface area contributed by atoms with Crippen LogP contribution >= 0.6 is 11.8 Å². The van der Waals surface area contributed by atoms with Crippen LogP contribution in [0.5, 0.6) is 0 Å². The van der Waals surface area contributed by atoms with Crippen LogP contribution in [0.1, 0.15) is 0 Å². The van der Waals surface area contributed by atoms with E-state index in [1.807, 2.05) is 0 Å². The molecule has 16 heavy (non-hydrogen) atoms. The summed E-state index contributed by atoms with van der Waals surface area (Å²) in [5.41, 5.74) is 10.6. The lowest BCUT2D eigenvalue weighted by Crippen LogP contribution is -2.09. The summed E-state index contributed by atoms with van der Waals surface area (Å²) in [4.78, 5) is 25.3. The van der Waals surface area contributed by atoms with Crippen molar-refractivity contribution in [2.24, 2.45) is 0 Å². The average molecular weight is 236 g/mol. The van der Waals surface area contributed by atoms with E-state index >= 15 is 0 Å². The highest BCUT2D eigenvalue weighted by molar-refractivity contribution is 7.99. The van der Waals surface area contributed by atoms with Crippen LogP contribution in [0.15, 0.2) is 33.3 Å². The molecule has 2 aromatic heterocycles. The number of nitrogens with two attached hydrogens (primary N) is 2. The lowest BCUT2D eigenvalue weighted by molar-refractivity contribution is 0.938. The van der Waals surface area contributed by atoms with Crippen LogP contribution < -0.4 is 17.0 Å². The first-order valence-electron chi connectivity index (χ1n) is 4.27. The first-order valence-corrected chi connectivity index (χ1v) is 5.08. The summed E-state index contributed by atoms with van der Waals surface area (Å²) in [6.07, 6.45) is 1.52. The van der Waals surface area contributed by atoms with Gasteiger partial charge in [0, 0.05) is 12.3 Å². The highest BCUT2D eigenvalue weighted by atomic mass is 32.2. The number of aromatic nitrogens is 4. The van der Waals surface area contributed by atoms with Gasteiger partial charge in [0.25, 0.3) is 5.56 Å². The molecule has 0 radical (unpaired) electrons. The van der Waals surface area contributed by atoms with Gasteiger partial charge in [-0.05, 0) is 17.8 Å². The molecule has 2 rings (SSSR count). The maximum atomic E-state index is 11.1. The number of aromatic amines is 1. The summed E-state index contributed by atoms with van der Waals surface area (Å²) in [5, 5.41) is 0.948. The summed E-state index contributed by atoms with van der Waals surface area (Å²) in [6.45, 7) is 0. The Balaban J connectivity index is 2.30. The fourth-order valence-electron chi connectivity index (χ4n) is 1.01. The first-order chi connectivity index (χ1) is 7.63. The fourth-order valence-corrected chi connectivity index (χ4v) is 1.78. The van der Waals surface area contributed by atoms with Gasteiger partial charge in [0.05, 0.1) is 0 Å². The van der Waals surface area contributed by atoms with Crippen LogP contribution in [-0.4, -0.2) is 19.9 Å². The van der Waals surface area contributed by atoms with Crippen LogP contribution in [0.3, 0.4) is 0 Å². The van der Waals surface area contributed by atoms with Crippen LogP contribution in [0.2, 0.25) is 0 Å². The predicted octanol–water partition coefficient (Wildman–Crippen LogP) is -0.125. The highest BCUT2D eigenvalue weighted by Crippen LogP contribution is 2.21. The van der Waals surface area contributed by atoms with Gasteiger partial charge in [-0.25, -0.2) is 15.0 Å². The second-order valence-corrected chi connectivity index (χ2v) is 3.84. The minimum Gasteiger partial charge on any atom is -0.383 e. The minimum atomic E-state index is -0.308. The molecule has 8 heteroatoms. The Hall–Kier alpha value is -2.09. The maximum Gasteiger partial charge on any atom is 0.253 e. The quantitative estimate of drug-likeness (QED) is 0.490. The molecule has 82 valence electrons. The van der Waals surface area contributed by atoms with Crippen molar-refractivity contribution in [3.8, 4) is 0 Å². The predicted molar refractivity (Wildman–Crippen MR) is 59.8 cm³/mol. The number of hydrogen-bond donors (Lipinski definition) is 3. The van der Waals surface area contributed by atoms with Crippen LogP contribution in [0.25, 0.3) is 0 Å². The van der Waals surface area contributed by atoms with E-state index in [2.05, 4.69) is 19.9 Å². The van der Waals surface area contributed by atoms with Crippen molar-refractivity contribution in [3.05, 3.63) is 28.7 Å². The molecule has 7 nitrogen and oxygen atoms in total. The van der Waals surface area contributed by atoms with Crippen LogP contribution in [0, 0.1) is 0 Å². The molecular weight excluding hydrogens is 228 g/mol. The van der Waals surface area contributed by atoms with Gasteiger partial charge in [0.15, 0.2) is 5.16 Å². The van der Waals surface area contributed by atoms with Crippen molar-refractivity contribution in [2.45, 2.75) is 10.2 Å². The molecule has 2 aromatic rings. The molecule has 0 atom stereocenters. The number of hydrogen-bond acceptors (Lipinski definition) is 7. The van der Waals surface area contributed by atoms with Gasteiger partial charge in [-0.15, -0.1) is 0 Å². The van der Waals surface area contributed by atoms with E-state index in [0.717, 1.165) is 11.8 Å². The van der Waals surface area contributed by atoms with Crippen LogP contribution in [0.4, 0.5) is 11.8 Å². The van der Waals surface area contributed by atoms with Gasteiger partial charge in [-0.2, -0.15) is 0 Å². The fraction of sp³-hybridized carbons (Fsp3) is 0. The monoisotopic (exact) mass is 236 g/mol. The van der Waals surface area contributed by atoms with Gasteiger partial charge < -0.3 is 16.5 Å². The van der Waals surface area contributed by atoms with Gasteiger partial charge in [0.1, 0.15) is 10.8 Å². The van der Waals surface area contributed by atoms with Crippen molar-refractivity contribution in [1.82, 2.24) is 19.9 Å². The van der Waals surface area contributed by atoms with Gasteiger partial charge in [-0.3, -0.25) is 4.79 Å². The molecule has 0 unspecified atom stereocenters. The molecule has 0 fully saturated rings. The molecule has 0 aliphatic carbocycles. The zero-order valence-corrected chi connectivity index (χ0v) is 8.86.